The highest BCUT2D eigenvalue weighted by Gasteiger charge is 2.39. The monoisotopic (exact) mass is 1440 g/mol. The van der Waals surface area contributed by atoms with Crippen molar-refractivity contribution in [2.75, 3.05) is 76.5 Å². The van der Waals surface area contributed by atoms with Crippen LogP contribution in [0, 0.1) is 23.2 Å². The second kappa shape index (κ2) is 26.7. The van der Waals surface area contributed by atoms with Crippen LogP contribution in [0.2, 0.25) is 0 Å². The Balaban J connectivity index is 0.000000145. The number of amides is 9. The Hall–Kier alpha value is -7.11. The molecule has 0 fully saturated rings. The zero-order chi connectivity index (χ0) is 62.1. The number of anilines is 3. The summed E-state index contributed by atoms with van der Waals surface area (Å²) in [5.74, 6) is -1.44. The summed E-state index contributed by atoms with van der Waals surface area (Å²) >= 11 is 8.75. The first-order chi connectivity index (χ1) is 41.6. The van der Waals surface area contributed by atoms with Gasteiger partial charge in [0.2, 0.25) is 0 Å². The second-order valence-corrected chi connectivity index (χ2v) is 24.4. The van der Waals surface area contributed by atoms with Gasteiger partial charge in [0.15, 0.2) is 0 Å². The largest absolute Gasteiger partial charge is 0.393 e. The number of fused-ring (bicyclic) bond motifs is 9. The number of nitrogens with zero attached hydrogens (tertiary/aromatic N) is 12. The molecular formula is C56H63Br2FIN15O12. The molecule has 27 nitrogen and oxygen atoms in total. The second-order valence-electron chi connectivity index (χ2n) is 21.4. The fraction of sp³-hybridized carbons (Fsp3) is 0.411. The van der Waals surface area contributed by atoms with E-state index in [9.17, 15) is 48.5 Å². The van der Waals surface area contributed by atoms with Gasteiger partial charge in [-0.2, -0.15) is 15.3 Å². The van der Waals surface area contributed by atoms with Gasteiger partial charge in [-0.15, -0.1) is 0 Å². The van der Waals surface area contributed by atoms with Crippen LogP contribution in [0.4, 0.5) is 35.8 Å². The smallest absolute Gasteiger partial charge is 0.322 e. The van der Waals surface area contributed by atoms with Crippen LogP contribution in [0.25, 0.3) is 0 Å². The number of nitrogens with one attached hydrogen (secondary N) is 3. The van der Waals surface area contributed by atoms with Gasteiger partial charge in [0.25, 0.3) is 17.7 Å². The molecule has 12 rings (SSSR count). The van der Waals surface area contributed by atoms with E-state index >= 15 is 0 Å². The van der Waals surface area contributed by atoms with Gasteiger partial charge >= 0.3 is 18.1 Å². The van der Waals surface area contributed by atoms with Gasteiger partial charge in [-0.25, -0.2) is 34.0 Å². The lowest BCUT2D eigenvalue weighted by atomic mass is 10.0. The van der Waals surface area contributed by atoms with Crippen molar-refractivity contribution >= 4 is 107 Å². The maximum atomic E-state index is 13.7. The number of carbonyl (C=O) groups is 6. The number of benzene rings is 3. The summed E-state index contributed by atoms with van der Waals surface area (Å²) in [7, 11) is 4.52. The van der Waals surface area contributed by atoms with Crippen molar-refractivity contribution in [2.24, 2.45) is 0 Å². The molecule has 3 aromatic heterocycles. The van der Waals surface area contributed by atoms with Gasteiger partial charge in [0, 0.05) is 102 Å². The summed E-state index contributed by atoms with van der Waals surface area (Å²) in [4.78, 5) is 98.1. The molecule has 0 aliphatic carbocycles. The standard InChI is InChI=1S/C19H21BrFN5O4.C19H22BrN5O4.C18H20IN5O4/c1-10-5-14(21)13(20)6-16(10)22-19(29)25-4-3-15-12(8-25)17-18(28)24(2)30-11(9-27)7-26(17)23-15;1-11-3-4-12(20)7-16(11)21-19(28)24-6-5-15-14(9-24)17-18(27)23(2)29-13(10-26)8-25(17)22-15;1-22-17(26)16-14-9-23(18(27)20-12-4-2-3-11(19)7-12)6-5-15(14)21-24(16)8-13(10-25)28-22/h5-6,11,27H,3-4,7-9H2,1-2H3,(H,22,29);3-4,7,13,26H,5-6,8-10H2,1-2H3,(H,21,28);2-4,7,13,25H,5-6,8-10H2,1H3,(H,20,27). The third-order valence-corrected chi connectivity index (χ3v) is 17.1. The number of hydrogen-bond acceptors (Lipinski definition) is 15. The molecule has 0 saturated heterocycles. The molecule has 3 aromatic carbocycles. The average Bonchev–Trinajstić information content (AvgIpc) is 1.76. The maximum Gasteiger partial charge on any atom is 0.322 e. The lowest BCUT2D eigenvalue weighted by molar-refractivity contribution is -0.159. The van der Waals surface area contributed by atoms with Gasteiger partial charge in [-0.05, 0) is 106 Å². The molecule has 31 heteroatoms. The van der Waals surface area contributed by atoms with Gasteiger partial charge in [-0.1, -0.05) is 28.1 Å². The van der Waals surface area contributed by atoms with Crippen molar-refractivity contribution in [3.05, 3.63) is 135 Å². The van der Waals surface area contributed by atoms with E-state index in [0.717, 1.165) is 68.4 Å². The Bertz CT molecular complexity index is 3680. The number of aryl methyl sites for hydroxylation is 2. The van der Waals surface area contributed by atoms with Crippen LogP contribution in [0.5, 0.6) is 0 Å². The van der Waals surface area contributed by atoms with Crippen molar-refractivity contribution in [3.63, 3.8) is 0 Å². The van der Waals surface area contributed by atoms with E-state index in [0.29, 0.717) is 79.3 Å². The minimum Gasteiger partial charge on any atom is -0.393 e. The van der Waals surface area contributed by atoms with Crippen molar-refractivity contribution in [1.82, 2.24) is 59.2 Å². The normalized spacial score (nSPS) is 18.9. The third-order valence-electron chi connectivity index (χ3n) is 15.3. The summed E-state index contributed by atoms with van der Waals surface area (Å²) in [6, 6.07) is 15.4. The number of urea groups is 3. The fourth-order valence-corrected chi connectivity index (χ4v) is 12.0. The number of halogens is 4. The Morgan fingerprint density at radius 1 is 0.586 bits per heavy atom. The van der Waals surface area contributed by atoms with Crippen LogP contribution >= 0.6 is 54.5 Å². The van der Waals surface area contributed by atoms with E-state index in [1.807, 2.05) is 49.4 Å². The fourth-order valence-electron chi connectivity index (χ4n) is 10.8. The Kier molecular flexibility index (Phi) is 19.3. The summed E-state index contributed by atoms with van der Waals surface area (Å²) in [5.41, 5.74) is 9.25. The SMILES string of the molecule is CN1OC(CO)Cn2nc3c(c2C1=O)CN(C(=O)Nc1cccc(I)c1)CC3.Cc1cc(F)c(Br)cc1NC(=O)N1CCc2nn3c(c2C1)C(=O)N(C)OC(CO)C3.Cc1ccc(Br)cc1NC(=O)N1CCc2nn3c(c2C1)C(=O)N(C)OC(CO)C3. The molecule has 9 amide bonds. The van der Waals surface area contributed by atoms with E-state index in [1.165, 1.54) is 33.3 Å². The zero-order valence-corrected chi connectivity index (χ0v) is 53.3. The predicted molar refractivity (Wildman–Crippen MR) is 325 cm³/mol. The van der Waals surface area contributed by atoms with Gasteiger partial charge in [0.05, 0.1) is 80.6 Å². The number of aliphatic hydroxyl groups is 3. The molecule has 3 atom stereocenters. The molecule has 0 bridgehead atoms. The molecule has 3 unspecified atom stereocenters. The Morgan fingerprint density at radius 3 is 1.39 bits per heavy atom. The highest BCUT2D eigenvalue weighted by atomic mass is 127. The molecule has 0 radical (unpaired) electrons. The minimum absolute atomic E-state index is 0.210. The van der Waals surface area contributed by atoms with Crippen molar-refractivity contribution in [2.45, 2.75) is 90.7 Å². The lowest BCUT2D eigenvalue weighted by Gasteiger charge is -2.27. The van der Waals surface area contributed by atoms with Crippen LogP contribution in [0.3, 0.4) is 0 Å². The number of aromatic nitrogens is 6. The molecule has 87 heavy (non-hydrogen) atoms. The zero-order valence-electron chi connectivity index (χ0n) is 47.9. The van der Waals surface area contributed by atoms with Crippen molar-refractivity contribution in [3.8, 4) is 0 Å². The molecule has 0 spiro atoms. The Morgan fingerprint density at radius 2 is 0.989 bits per heavy atom. The van der Waals surface area contributed by atoms with Crippen LogP contribution in [0.15, 0.2) is 63.5 Å². The number of aliphatic hydroxyl groups excluding tert-OH is 3. The molecule has 0 saturated carbocycles. The quantitative estimate of drug-likeness (QED) is 0.113. The molecule has 9 heterocycles. The van der Waals surface area contributed by atoms with E-state index in [1.54, 1.807) is 35.7 Å². The topological polar surface area (TPSA) is 300 Å². The summed E-state index contributed by atoms with van der Waals surface area (Å²) < 4.78 is 20.6. The number of rotatable bonds is 6. The van der Waals surface area contributed by atoms with Crippen LogP contribution in [-0.2, 0) is 73.0 Å². The summed E-state index contributed by atoms with van der Waals surface area (Å²) in [6.45, 7) is 6.00. The maximum absolute atomic E-state index is 13.7. The molecular weight excluding hydrogens is 1380 g/mol. The highest BCUT2D eigenvalue weighted by Crippen LogP contribution is 2.32. The van der Waals surface area contributed by atoms with Gasteiger partial charge in [-0.3, -0.25) is 42.9 Å². The molecule has 462 valence electrons. The van der Waals surface area contributed by atoms with E-state index in [2.05, 4.69) is 85.7 Å². The minimum atomic E-state index is -0.583. The van der Waals surface area contributed by atoms with Gasteiger partial charge < -0.3 is 46.0 Å². The molecule has 6 aromatic rings. The van der Waals surface area contributed by atoms with Crippen molar-refractivity contribution in [1.29, 1.82) is 0 Å². The van der Waals surface area contributed by atoms with E-state index in [4.69, 9.17) is 14.5 Å². The molecule has 6 aliphatic heterocycles. The van der Waals surface area contributed by atoms with E-state index < -0.39 is 24.1 Å². The summed E-state index contributed by atoms with van der Waals surface area (Å²) in [6.07, 6.45) is -0.0578. The van der Waals surface area contributed by atoms with Gasteiger partial charge in [0.1, 0.15) is 41.2 Å². The Labute approximate surface area is 528 Å². The highest BCUT2D eigenvalue weighted by molar-refractivity contribution is 14.1. The molecule has 6 aliphatic rings. The first kappa shape index (κ1) is 62.9. The first-order valence-corrected chi connectivity index (χ1v) is 30.4. The van der Waals surface area contributed by atoms with Crippen LogP contribution in [0.1, 0.15) is 76.4 Å². The summed E-state index contributed by atoms with van der Waals surface area (Å²) in [5, 5.41) is 54.0. The van der Waals surface area contributed by atoms with Crippen LogP contribution in [-0.4, -0.2) is 189 Å². The van der Waals surface area contributed by atoms with E-state index in [-0.39, 0.29) is 92.8 Å². The first-order valence-electron chi connectivity index (χ1n) is 27.7. The van der Waals surface area contributed by atoms with Crippen LogP contribution < -0.4 is 16.0 Å². The number of carbonyl (C=O) groups excluding carboxylic acids is 6. The predicted octanol–water partition coefficient (Wildman–Crippen LogP) is 5.44. The number of hydrogen-bond donors (Lipinski definition) is 6. The average molecular weight is 1440 g/mol. The lowest BCUT2D eigenvalue weighted by Crippen LogP contribution is -2.39. The third kappa shape index (κ3) is 13.6. The molecule has 6 N–H and O–H groups in total. The van der Waals surface area contributed by atoms with Crippen molar-refractivity contribution < 1.29 is 63.0 Å². The number of hydroxylamine groups is 6.